The van der Waals surface area contributed by atoms with Crippen LogP contribution >= 0.6 is 11.3 Å². The summed E-state index contributed by atoms with van der Waals surface area (Å²) < 4.78 is 7.17. The summed E-state index contributed by atoms with van der Waals surface area (Å²) in [5.41, 5.74) is 2.24. The first-order chi connectivity index (χ1) is 11.7. The summed E-state index contributed by atoms with van der Waals surface area (Å²) in [7, 11) is 1.71. The van der Waals surface area contributed by atoms with Crippen LogP contribution < -0.4 is 15.0 Å². The van der Waals surface area contributed by atoms with Crippen LogP contribution in [0.3, 0.4) is 0 Å². The van der Waals surface area contributed by atoms with Crippen LogP contribution in [0.15, 0.2) is 30.5 Å². The number of aryl methyl sites for hydroxylation is 1. The van der Waals surface area contributed by atoms with Gasteiger partial charge < -0.3 is 15.0 Å². The number of nitrogens with one attached hydrogen (secondary N) is 1. The van der Waals surface area contributed by atoms with Crippen molar-refractivity contribution in [2.45, 2.75) is 13.3 Å². The summed E-state index contributed by atoms with van der Waals surface area (Å²) in [6.07, 6.45) is 3.14. The van der Waals surface area contributed by atoms with E-state index in [1.54, 1.807) is 18.4 Å². The lowest BCUT2D eigenvalue weighted by molar-refractivity contribution is 0.415. The highest BCUT2D eigenvalue weighted by atomic mass is 32.1. The predicted octanol–water partition coefficient (Wildman–Crippen LogP) is 3.05. The van der Waals surface area contributed by atoms with Crippen molar-refractivity contribution in [3.05, 3.63) is 36.2 Å². The third-order valence-electron chi connectivity index (χ3n) is 4.41. The number of imidazole rings is 1. The number of hydrogen-bond acceptors (Lipinski definition) is 6. The molecule has 1 atom stereocenters. The summed E-state index contributed by atoms with van der Waals surface area (Å²) in [4.78, 5) is 7.81. The fraction of sp³-hybridized carbons (Fsp3) is 0.412. The summed E-state index contributed by atoms with van der Waals surface area (Å²) in [6, 6.07) is 8.29. The Kier molecular flexibility index (Phi) is 4.02. The Labute approximate surface area is 145 Å². The van der Waals surface area contributed by atoms with Crippen LogP contribution in [-0.4, -0.2) is 41.3 Å². The van der Waals surface area contributed by atoms with Gasteiger partial charge in [0.05, 0.1) is 19.0 Å². The number of hydrogen-bond donors (Lipinski definition) is 1. The molecule has 4 rings (SSSR count). The van der Waals surface area contributed by atoms with Crippen molar-refractivity contribution in [3.63, 3.8) is 0 Å². The maximum atomic E-state index is 5.32. The second kappa shape index (κ2) is 6.32. The van der Waals surface area contributed by atoms with Gasteiger partial charge in [0.15, 0.2) is 0 Å². The lowest BCUT2D eigenvalue weighted by atomic mass is 10.1. The van der Waals surface area contributed by atoms with Crippen LogP contribution in [0.4, 0.5) is 10.8 Å². The van der Waals surface area contributed by atoms with Crippen molar-refractivity contribution >= 4 is 27.1 Å². The third kappa shape index (κ3) is 3.03. The van der Waals surface area contributed by atoms with Gasteiger partial charge in [-0.05, 0) is 31.4 Å². The molecule has 1 aliphatic heterocycles. The van der Waals surface area contributed by atoms with Crippen molar-refractivity contribution < 1.29 is 4.74 Å². The summed E-state index contributed by atoms with van der Waals surface area (Å²) in [6.45, 7) is 5.07. The lowest BCUT2D eigenvalue weighted by Crippen LogP contribution is -2.22. The molecule has 3 heterocycles. The van der Waals surface area contributed by atoms with Gasteiger partial charge in [0, 0.05) is 31.4 Å². The van der Waals surface area contributed by atoms with Gasteiger partial charge in [0.25, 0.3) is 0 Å². The van der Waals surface area contributed by atoms with Gasteiger partial charge in [0.1, 0.15) is 5.75 Å². The molecule has 0 aliphatic carbocycles. The topological polar surface area (TPSA) is 54.7 Å². The van der Waals surface area contributed by atoms with Crippen LogP contribution in [0.5, 0.6) is 5.75 Å². The number of nitrogens with zero attached hydrogens (tertiary/aromatic N) is 4. The number of ether oxygens (including phenoxy) is 1. The van der Waals surface area contributed by atoms with Crippen molar-refractivity contribution in [3.8, 4) is 5.75 Å². The normalized spacial score (nSPS) is 17.6. The first-order valence-electron chi connectivity index (χ1n) is 8.17. The van der Waals surface area contributed by atoms with Crippen LogP contribution in [0.25, 0.3) is 4.96 Å². The van der Waals surface area contributed by atoms with Crippen molar-refractivity contribution in [1.82, 2.24) is 14.6 Å². The molecule has 1 aromatic carbocycles. The maximum absolute atomic E-state index is 5.32. The number of anilines is 2. The minimum atomic E-state index is 0.620. The predicted molar refractivity (Wildman–Crippen MR) is 97.4 cm³/mol. The fourth-order valence-electron chi connectivity index (χ4n) is 3.15. The molecule has 7 heteroatoms. The first-order valence-corrected chi connectivity index (χ1v) is 8.98. The molecular weight excluding hydrogens is 322 g/mol. The largest absolute Gasteiger partial charge is 0.497 e. The maximum Gasteiger partial charge on any atom is 0.214 e. The van der Waals surface area contributed by atoms with Crippen molar-refractivity contribution in [2.75, 3.05) is 37.0 Å². The number of methoxy groups -OCH3 is 1. The van der Waals surface area contributed by atoms with Crippen LogP contribution in [0, 0.1) is 12.8 Å². The molecule has 0 unspecified atom stereocenters. The van der Waals surface area contributed by atoms with Gasteiger partial charge >= 0.3 is 0 Å². The summed E-state index contributed by atoms with van der Waals surface area (Å²) >= 11 is 1.60. The number of aromatic nitrogens is 3. The Morgan fingerprint density at radius 2 is 2.33 bits per heavy atom. The van der Waals surface area contributed by atoms with Crippen molar-refractivity contribution in [2.24, 2.45) is 5.92 Å². The molecule has 6 nitrogen and oxygen atoms in total. The van der Waals surface area contributed by atoms with Gasteiger partial charge in [-0.2, -0.15) is 0 Å². The molecule has 1 N–H and O–H groups in total. The highest BCUT2D eigenvalue weighted by molar-refractivity contribution is 7.20. The van der Waals surface area contributed by atoms with Gasteiger partial charge in [-0.1, -0.05) is 17.4 Å². The number of benzene rings is 1. The van der Waals surface area contributed by atoms with E-state index in [9.17, 15) is 0 Å². The van der Waals surface area contributed by atoms with Gasteiger partial charge in [0.2, 0.25) is 10.1 Å². The van der Waals surface area contributed by atoms with Gasteiger partial charge in [-0.15, -0.1) is 5.10 Å². The van der Waals surface area contributed by atoms with Crippen LogP contribution in [0.1, 0.15) is 12.1 Å². The van der Waals surface area contributed by atoms with Crippen LogP contribution in [0.2, 0.25) is 0 Å². The van der Waals surface area contributed by atoms with E-state index in [4.69, 9.17) is 4.74 Å². The van der Waals surface area contributed by atoms with Gasteiger partial charge in [-0.3, -0.25) is 0 Å². The first kappa shape index (κ1) is 15.3. The molecule has 0 bridgehead atoms. The minimum Gasteiger partial charge on any atom is -0.497 e. The molecule has 2 aromatic heterocycles. The average Bonchev–Trinajstić information content (AvgIpc) is 3.27. The number of rotatable bonds is 5. The lowest BCUT2D eigenvalue weighted by Gasteiger charge is -2.19. The molecule has 3 aromatic rings. The Bertz CT molecular complexity index is 811. The average molecular weight is 343 g/mol. The van der Waals surface area contributed by atoms with E-state index in [-0.39, 0.29) is 0 Å². The monoisotopic (exact) mass is 343 g/mol. The minimum absolute atomic E-state index is 0.620. The molecule has 1 saturated heterocycles. The Morgan fingerprint density at radius 3 is 3.17 bits per heavy atom. The quantitative estimate of drug-likeness (QED) is 0.772. The zero-order valence-corrected chi connectivity index (χ0v) is 14.7. The fourth-order valence-corrected chi connectivity index (χ4v) is 3.99. The number of fused-ring (bicyclic) bond motifs is 1. The van der Waals surface area contributed by atoms with E-state index in [1.165, 1.54) is 12.1 Å². The highest BCUT2D eigenvalue weighted by Crippen LogP contribution is 2.27. The van der Waals surface area contributed by atoms with E-state index in [2.05, 4.69) is 32.4 Å². The summed E-state index contributed by atoms with van der Waals surface area (Å²) in [5, 5.41) is 8.94. The molecular formula is C17H21N5OS. The molecule has 1 fully saturated rings. The third-order valence-corrected chi connectivity index (χ3v) is 5.29. The van der Waals surface area contributed by atoms with E-state index in [0.717, 1.165) is 41.2 Å². The zero-order valence-electron chi connectivity index (χ0n) is 13.9. The molecule has 0 radical (unpaired) electrons. The van der Waals surface area contributed by atoms with E-state index in [0.29, 0.717) is 5.92 Å². The standard InChI is InChI=1S/C17H21N5OS/c1-12-10-22-17(19-12)24-16(20-22)18-9-13-6-7-21(11-13)14-4-3-5-15(8-14)23-2/h3-5,8,10,13H,6-7,9,11H2,1-2H3,(H,18,20)/t13-/m1/s1. The molecule has 126 valence electrons. The van der Waals surface area contributed by atoms with E-state index in [1.807, 2.05) is 29.8 Å². The molecule has 0 saturated carbocycles. The Hall–Kier alpha value is -2.28. The van der Waals surface area contributed by atoms with Crippen LogP contribution in [-0.2, 0) is 0 Å². The smallest absolute Gasteiger partial charge is 0.214 e. The van der Waals surface area contributed by atoms with E-state index >= 15 is 0 Å². The molecule has 24 heavy (non-hydrogen) atoms. The Morgan fingerprint density at radius 1 is 1.42 bits per heavy atom. The second-order valence-corrected chi connectivity index (χ2v) is 7.16. The molecule has 0 spiro atoms. The van der Waals surface area contributed by atoms with Crippen molar-refractivity contribution in [1.29, 1.82) is 0 Å². The molecule has 1 aliphatic rings. The zero-order chi connectivity index (χ0) is 16.5. The van der Waals surface area contributed by atoms with E-state index < -0.39 is 0 Å². The second-order valence-electron chi connectivity index (χ2n) is 6.20. The Balaban J connectivity index is 1.35. The molecule has 0 amide bonds. The highest BCUT2D eigenvalue weighted by Gasteiger charge is 2.23. The SMILES string of the molecule is COc1cccc(N2CC[C@H](CNc3nn4cc(C)nc4s3)C2)c1. The summed E-state index contributed by atoms with van der Waals surface area (Å²) in [5.74, 6) is 1.53. The van der Waals surface area contributed by atoms with Gasteiger partial charge in [-0.25, -0.2) is 9.50 Å².